The molecule has 1 saturated heterocycles. The van der Waals surface area contributed by atoms with Gasteiger partial charge in [-0.3, -0.25) is 10.2 Å². The number of nitrogens with one attached hydrogen (secondary N) is 2. The van der Waals surface area contributed by atoms with Crippen LogP contribution >= 0.6 is 0 Å². The van der Waals surface area contributed by atoms with Crippen LogP contribution in [0, 0.1) is 0 Å². The average Bonchev–Trinajstić information content (AvgIpc) is 3.50. The van der Waals surface area contributed by atoms with Gasteiger partial charge in [0, 0.05) is 18.2 Å². The van der Waals surface area contributed by atoms with E-state index in [4.69, 9.17) is 9.47 Å². The molecule has 3 amide bonds. The van der Waals surface area contributed by atoms with E-state index in [1.807, 2.05) is 55.5 Å². The number of hydrogen-bond donors (Lipinski definition) is 3. The Morgan fingerprint density at radius 1 is 0.872 bits per heavy atom. The van der Waals surface area contributed by atoms with Crippen LogP contribution in [0.5, 0.6) is 0 Å². The van der Waals surface area contributed by atoms with Crippen LogP contribution in [0.4, 0.5) is 20.1 Å². The van der Waals surface area contributed by atoms with E-state index in [9.17, 15) is 19.5 Å². The fourth-order valence-corrected chi connectivity index (χ4v) is 5.37. The molecule has 5 rings (SSSR count). The predicted molar refractivity (Wildman–Crippen MR) is 146 cm³/mol. The van der Waals surface area contributed by atoms with Crippen molar-refractivity contribution in [2.75, 3.05) is 25.1 Å². The molecular weight excluding hydrogens is 498 g/mol. The van der Waals surface area contributed by atoms with Gasteiger partial charge in [-0.15, -0.1) is 0 Å². The molecule has 2 aliphatic rings. The van der Waals surface area contributed by atoms with Crippen LogP contribution in [-0.2, 0) is 15.9 Å². The zero-order valence-corrected chi connectivity index (χ0v) is 21.6. The molecule has 1 aliphatic carbocycles. The third kappa shape index (κ3) is 5.82. The third-order valence-corrected chi connectivity index (χ3v) is 7.34. The largest absolute Gasteiger partial charge is 0.465 e. The summed E-state index contributed by atoms with van der Waals surface area (Å²) in [5, 5.41) is 15.1. The summed E-state index contributed by atoms with van der Waals surface area (Å²) in [5.41, 5.74) is 6.24. The Labute approximate surface area is 226 Å². The van der Waals surface area contributed by atoms with E-state index in [2.05, 4.69) is 22.8 Å². The number of fused-ring (bicyclic) bond motifs is 3. The van der Waals surface area contributed by atoms with Gasteiger partial charge >= 0.3 is 18.3 Å². The van der Waals surface area contributed by atoms with Crippen LogP contribution in [0.25, 0.3) is 11.1 Å². The SMILES string of the molecule is CCc1ccc(NC(=O)OCC2CC(NC(=O)OCC3c4ccccc4-c4ccccc43)CN2C(=O)O)cc1. The number of nitrogens with zero attached hydrogens (tertiary/aromatic N) is 1. The van der Waals surface area contributed by atoms with Gasteiger partial charge in [0.25, 0.3) is 0 Å². The van der Waals surface area contributed by atoms with Crippen molar-refractivity contribution in [3.63, 3.8) is 0 Å². The molecule has 0 bridgehead atoms. The van der Waals surface area contributed by atoms with Gasteiger partial charge in [0.15, 0.2) is 0 Å². The van der Waals surface area contributed by atoms with E-state index in [-0.39, 0.29) is 25.7 Å². The van der Waals surface area contributed by atoms with Crippen molar-refractivity contribution in [1.82, 2.24) is 10.2 Å². The number of hydrogen-bond acceptors (Lipinski definition) is 5. The lowest BCUT2D eigenvalue weighted by Crippen LogP contribution is -2.40. The molecule has 2 atom stereocenters. The van der Waals surface area contributed by atoms with Crippen molar-refractivity contribution in [2.45, 2.75) is 37.8 Å². The molecule has 3 N–H and O–H groups in total. The topological polar surface area (TPSA) is 117 Å². The highest BCUT2D eigenvalue weighted by Crippen LogP contribution is 2.44. The molecule has 0 radical (unpaired) electrons. The number of alkyl carbamates (subject to hydrolysis) is 1. The summed E-state index contributed by atoms with van der Waals surface area (Å²) in [4.78, 5) is 37.9. The minimum atomic E-state index is -1.14. The predicted octanol–water partition coefficient (Wildman–Crippen LogP) is 5.46. The number of amides is 3. The van der Waals surface area contributed by atoms with Gasteiger partial charge in [-0.2, -0.15) is 0 Å². The second kappa shape index (κ2) is 11.5. The summed E-state index contributed by atoms with van der Waals surface area (Å²) < 4.78 is 10.9. The van der Waals surface area contributed by atoms with Crippen molar-refractivity contribution >= 4 is 24.0 Å². The average molecular weight is 530 g/mol. The zero-order valence-electron chi connectivity index (χ0n) is 21.6. The van der Waals surface area contributed by atoms with E-state index in [1.165, 1.54) is 4.90 Å². The molecular formula is C30H31N3O6. The van der Waals surface area contributed by atoms with Crippen molar-refractivity contribution in [3.05, 3.63) is 89.5 Å². The Bertz CT molecular complexity index is 1310. The molecule has 0 saturated carbocycles. The summed E-state index contributed by atoms with van der Waals surface area (Å²) >= 11 is 0. The van der Waals surface area contributed by atoms with Gasteiger partial charge in [-0.1, -0.05) is 67.6 Å². The highest BCUT2D eigenvalue weighted by Gasteiger charge is 2.37. The minimum absolute atomic E-state index is 0.0694. The third-order valence-electron chi connectivity index (χ3n) is 7.34. The first-order valence-electron chi connectivity index (χ1n) is 13.1. The normalized spacial score (nSPS) is 17.7. The van der Waals surface area contributed by atoms with Gasteiger partial charge in [-0.05, 0) is 52.8 Å². The molecule has 1 heterocycles. The zero-order chi connectivity index (χ0) is 27.4. The molecule has 9 nitrogen and oxygen atoms in total. The summed E-state index contributed by atoms with van der Waals surface area (Å²) in [7, 11) is 0. The number of rotatable bonds is 7. The minimum Gasteiger partial charge on any atom is -0.465 e. The Kier molecular flexibility index (Phi) is 7.67. The lowest BCUT2D eigenvalue weighted by Gasteiger charge is -2.20. The summed E-state index contributed by atoms with van der Waals surface area (Å²) in [5.74, 6) is -0.0694. The molecule has 9 heteroatoms. The van der Waals surface area contributed by atoms with Crippen molar-refractivity contribution in [3.8, 4) is 11.1 Å². The molecule has 202 valence electrons. The molecule has 0 spiro atoms. The van der Waals surface area contributed by atoms with Gasteiger partial charge in [0.2, 0.25) is 0 Å². The molecule has 1 fully saturated rings. The Balaban J connectivity index is 1.13. The first-order chi connectivity index (χ1) is 18.9. The fraction of sp³-hybridized carbons (Fsp3) is 0.300. The van der Waals surface area contributed by atoms with Gasteiger partial charge in [0.05, 0.1) is 12.1 Å². The molecule has 1 aliphatic heterocycles. The van der Waals surface area contributed by atoms with Gasteiger partial charge < -0.3 is 19.9 Å². The van der Waals surface area contributed by atoms with Crippen LogP contribution in [0.2, 0.25) is 0 Å². The number of likely N-dealkylation sites (tertiary alicyclic amines) is 1. The second-order valence-corrected chi connectivity index (χ2v) is 9.77. The first-order valence-corrected chi connectivity index (χ1v) is 13.1. The van der Waals surface area contributed by atoms with Crippen molar-refractivity contribution in [1.29, 1.82) is 0 Å². The van der Waals surface area contributed by atoms with E-state index < -0.39 is 30.4 Å². The number of ether oxygens (including phenoxy) is 2. The van der Waals surface area contributed by atoms with Crippen LogP contribution in [0.15, 0.2) is 72.8 Å². The van der Waals surface area contributed by atoms with Crippen molar-refractivity contribution < 1.29 is 29.0 Å². The van der Waals surface area contributed by atoms with E-state index >= 15 is 0 Å². The lowest BCUT2D eigenvalue weighted by atomic mass is 9.98. The number of carbonyl (C=O) groups is 3. The van der Waals surface area contributed by atoms with Gasteiger partial charge in [0.1, 0.15) is 13.2 Å². The van der Waals surface area contributed by atoms with E-state index in [1.54, 1.807) is 12.1 Å². The van der Waals surface area contributed by atoms with Crippen molar-refractivity contribution in [2.24, 2.45) is 0 Å². The smallest absolute Gasteiger partial charge is 0.411 e. The van der Waals surface area contributed by atoms with Gasteiger partial charge in [-0.25, -0.2) is 14.4 Å². The highest BCUT2D eigenvalue weighted by atomic mass is 16.6. The molecule has 2 unspecified atom stereocenters. The van der Waals surface area contributed by atoms with Crippen LogP contribution < -0.4 is 10.6 Å². The summed E-state index contributed by atoms with van der Waals surface area (Å²) in [6.45, 7) is 2.16. The maximum atomic E-state index is 12.7. The number of anilines is 1. The maximum absolute atomic E-state index is 12.7. The summed E-state index contributed by atoms with van der Waals surface area (Å²) in [6.07, 6.45) is -1.23. The molecule has 0 aromatic heterocycles. The summed E-state index contributed by atoms with van der Waals surface area (Å²) in [6, 6.07) is 22.5. The number of aryl methyl sites for hydroxylation is 1. The number of carbonyl (C=O) groups excluding carboxylic acids is 2. The van der Waals surface area contributed by atoms with E-state index in [0.717, 1.165) is 34.2 Å². The lowest BCUT2D eigenvalue weighted by molar-refractivity contribution is 0.102. The molecule has 3 aromatic rings. The monoisotopic (exact) mass is 529 g/mol. The maximum Gasteiger partial charge on any atom is 0.411 e. The van der Waals surface area contributed by atoms with Crippen LogP contribution in [-0.4, -0.2) is 60.1 Å². The Morgan fingerprint density at radius 3 is 2.10 bits per heavy atom. The quantitative estimate of drug-likeness (QED) is 0.374. The number of carboxylic acid groups (broad SMARTS) is 1. The standard InChI is InChI=1S/C30H31N3O6/c1-2-19-11-13-20(14-12-19)31-28(34)38-17-22-15-21(16-33(22)30(36)37)32-29(35)39-18-27-25-9-5-3-7-23(25)24-8-4-6-10-26(24)27/h3-14,21-22,27H,2,15-18H2,1H3,(H,31,34)(H,32,35)(H,36,37). The highest BCUT2D eigenvalue weighted by molar-refractivity contribution is 5.84. The first kappa shape index (κ1) is 26.1. The second-order valence-electron chi connectivity index (χ2n) is 9.77. The van der Waals surface area contributed by atoms with E-state index in [0.29, 0.717) is 12.1 Å². The number of benzene rings is 3. The van der Waals surface area contributed by atoms with Crippen LogP contribution in [0.1, 0.15) is 36.0 Å². The Morgan fingerprint density at radius 2 is 1.49 bits per heavy atom. The molecule has 39 heavy (non-hydrogen) atoms. The fourth-order valence-electron chi connectivity index (χ4n) is 5.37. The van der Waals surface area contributed by atoms with Crippen LogP contribution in [0.3, 0.4) is 0 Å². The molecule has 3 aromatic carbocycles. The Hall–Kier alpha value is -4.53.